The molecule has 2 atom stereocenters. The number of piperazine rings is 1. The maximum Gasteiger partial charge on any atom is 0.0329 e. The van der Waals surface area contributed by atoms with Gasteiger partial charge in [-0.05, 0) is 41.2 Å². The van der Waals surface area contributed by atoms with Crippen molar-refractivity contribution in [3.63, 3.8) is 0 Å². The summed E-state index contributed by atoms with van der Waals surface area (Å²) in [5, 5.41) is 0. The van der Waals surface area contributed by atoms with Crippen LogP contribution in [0, 0.1) is 0 Å². The Kier molecular flexibility index (Phi) is 1.81. The van der Waals surface area contributed by atoms with Crippen LogP contribution in [0.1, 0.15) is 34.1 Å². The van der Waals surface area contributed by atoms with Crippen LogP contribution in [-0.2, 0) is 0 Å². The summed E-state index contributed by atoms with van der Waals surface area (Å²) >= 11 is 0. The van der Waals surface area contributed by atoms with Gasteiger partial charge in [0.05, 0.1) is 0 Å². The zero-order valence-corrected chi connectivity index (χ0v) is 9.59. The maximum atomic E-state index is 2.69. The van der Waals surface area contributed by atoms with Crippen LogP contribution >= 0.6 is 0 Å². The Bertz CT molecular complexity index is 215. The van der Waals surface area contributed by atoms with Gasteiger partial charge in [-0.1, -0.05) is 0 Å². The normalized spacial score (nSPS) is 41.8. The van der Waals surface area contributed by atoms with Crippen LogP contribution in [0.15, 0.2) is 0 Å². The molecule has 0 aromatic carbocycles. The lowest BCUT2D eigenvalue weighted by Crippen LogP contribution is -2.58. The molecule has 2 rings (SSSR count). The third-order valence-electron chi connectivity index (χ3n) is 3.74. The molecule has 76 valence electrons. The van der Waals surface area contributed by atoms with Crippen molar-refractivity contribution in [3.8, 4) is 0 Å². The van der Waals surface area contributed by atoms with Crippen molar-refractivity contribution in [3.05, 3.63) is 0 Å². The average molecular weight is 182 g/mol. The molecule has 2 fully saturated rings. The van der Waals surface area contributed by atoms with Crippen molar-refractivity contribution in [1.82, 2.24) is 9.80 Å². The molecule has 2 heterocycles. The molecule has 0 aromatic heterocycles. The van der Waals surface area contributed by atoms with Gasteiger partial charge in [-0.3, -0.25) is 4.90 Å². The van der Waals surface area contributed by atoms with E-state index in [-0.39, 0.29) is 0 Å². The first-order chi connectivity index (χ1) is 5.83. The Hall–Kier alpha value is -0.0800. The summed E-state index contributed by atoms with van der Waals surface area (Å²) in [6, 6.07) is 0.809. The van der Waals surface area contributed by atoms with Gasteiger partial charge in [-0.25, -0.2) is 0 Å². The molecule has 13 heavy (non-hydrogen) atoms. The molecule has 2 nitrogen and oxygen atoms in total. The highest BCUT2D eigenvalue weighted by Gasteiger charge is 2.53. The van der Waals surface area contributed by atoms with Gasteiger partial charge in [0.1, 0.15) is 0 Å². The summed E-state index contributed by atoms with van der Waals surface area (Å²) in [5.41, 5.74) is 0.780. The fourth-order valence-electron chi connectivity index (χ4n) is 3.31. The predicted molar refractivity (Wildman–Crippen MR) is 55.9 cm³/mol. The van der Waals surface area contributed by atoms with E-state index in [4.69, 9.17) is 0 Å². The summed E-state index contributed by atoms with van der Waals surface area (Å²) in [7, 11) is 2.26. The quantitative estimate of drug-likeness (QED) is 0.561. The minimum atomic E-state index is 0.338. The van der Waals surface area contributed by atoms with E-state index in [9.17, 15) is 0 Å². The number of hydrogen-bond acceptors (Lipinski definition) is 2. The smallest absolute Gasteiger partial charge is 0.0329 e. The molecule has 2 aliphatic heterocycles. The number of hydrogen-bond donors (Lipinski definition) is 0. The van der Waals surface area contributed by atoms with Crippen molar-refractivity contribution in [1.29, 1.82) is 0 Å². The van der Waals surface area contributed by atoms with Crippen LogP contribution < -0.4 is 0 Å². The molecule has 2 saturated heterocycles. The summed E-state index contributed by atoms with van der Waals surface area (Å²) < 4.78 is 0. The van der Waals surface area contributed by atoms with Gasteiger partial charge >= 0.3 is 0 Å². The highest BCUT2D eigenvalue weighted by molar-refractivity contribution is 5.10. The van der Waals surface area contributed by atoms with Crippen molar-refractivity contribution < 1.29 is 0 Å². The summed E-state index contributed by atoms with van der Waals surface area (Å²) in [5.74, 6) is 0. The van der Waals surface area contributed by atoms with Crippen LogP contribution in [-0.4, -0.2) is 47.1 Å². The van der Waals surface area contributed by atoms with Crippen molar-refractivity contribution in [2.45, 2.75) is 51.2 Å². The Morgan fingerprint density at radius 3 is 2.23 bits per heavy atom. The molecule has 2 heteroatoms. The molecule has 0 amide bonds. The van der Waals surface area contributed by atoms with E-state index in [0.717, 1.165) is 6.04 Å². The third kappa shape index (κ3) is 1.31. The van der Waals surface area contributed by atoms with Crippen LogP contribution in [0.3, 0.4) is 0 Å². The summed E-state index contributed by atoms with van der Waals surface area (Å²) in [6.45, 7) is 11.9. The predicted octanol–water partition coefficient (Wildman–Crippen LogP) is 1.56. The molecular weight excluding hydrogens is 160 g/mol. The Balaban J connectivity index is 2.21. The van der Waals surface area contributed by atoms with Gasteiger partial charge in [0.15, 0.2) is 0 Å². The molecule has 0 saturated carbocycles. The van der Waals surface area contributed by atoms with Gasteiger partial charge in [-0.2, -0.15) is 0 Å². The first kappa shape index (κ1) is 9.47. The molecule has 0 radical (unpaired) electrons. The number of likely N-dealkylation sites (N-methyl/N-ethyl adjacent to an activating group) is 1. The second-order valence-corrected chi connectivity index (χ2v) is 6.05. The number of likely N-dealkylation sites (tertiary alicyclic amines) is 2. The SMILES string of the molecule is CN1CC2(C)CC1CN2C(C)(C)C. The van der Waals surface area contributed by atoms with Crippen LogP contribution in [0.5, 0.6) is 0 Å². The number of fused-ring (bicyclic) bond motifs is 2. The second-order valence-electron chi connectivity index (χ2n) is 6.05. The zero-order valence-electron chi connectivity index (χ0n) is 9.59. The first-order valence-corrected chi connectivity index (χ1v) is 5.31. The zero-order chi connectivity index (χ0) is 9.85. The molecule has 0 aliphatic carbocycles. The summed E-state index contributed by atoms with van der Waals surface area (Å²) in [6.07, 6.45) is 1.36. The van der Waals surface area contributed by atoms with Crippen LogP contribution in [0.4, 0.5) is 0 Å². The lowest BCUT2D eigenvalue weighted by atomic mass is 9.95. The minimum absolute atomic E-state index is 0.338. The lowest BCUT2D eigenvalue weighted by Gasteiger charge is -2.46. The number of rotatable bonds is 0. The molecule has 0 spiro atoms. The van der Waals surface area contributed by atoms with Gasteiger partial charge in [0.25, 0.3) is 0 Å². The van der Waals surface area contributed by atoms with E-state index in [2.05, 4.69) is 44.5 Å². The summed E-state index contributed by atoms with van der Waals surface area (Å²) in [4.78, 5) is 5.20. The van der Waals surface area contributed by atoms with Crippen molar-refractivity contribution >= 4 is 0 Å². The first-order valence-electron chi connectivity index (χ1n) is 5.31. The van der Waals surface area contributed by atoms with Crippen molar-refractivity contribution in [2.24, 2.45) is 0 Å². The molecule has 2 unspecified atom stereocenters. The van der Waals surface area contributed by atoms with Gasteiger partial charge in [-0.15, -0.1) is 0 Å². The van der Waals surface area contributed by atoms with Gasteiger partial charge < -0.3 is 4.90 Å². The molecular formula is C11H22N2. The molecule has 2 bridgehead atoms. The second kappa shape index (κ2) is 2.48. The minimum Gasteiger partial charge on any atom is -0.300 e. The topological polar surface area (TPSA) is 6.48 Å². The molecule has 2 aliphatic rings. The van der Waals surface area contributed by atoms with Crippen LogP contribution in [0.25, 0.3) is 0 Å². The van der Waals surface area contributed by atoms with E-state index in [1.165, 1.54) is 19.5 Å². The largest absolute Gasteiger partial charge is 0.300 e. The standard InChI is InChI=1S/C11H22N2/c1-10(2,3)13-7-9-6-11(13,4)8-12(9)5/h9H,6-8H2,1-5H3. The third-order valence-corrected chi connectivity index (χ3v) is 3.74. The fraction of sp³-hybridized carbons (Fsp3) is 1.00. The van der Waals surface area contributed by atoms with E-state index in [1.54, 1.807) is 0 Å². The van der Waals surface area contributed by atoms with E-state index >= 15 is 0 Å². The Labute approximate surface area is 81.9 Å². The highest BCUT2D eigenvalue weighted by atomic mass is 15.4. The monoisotopic (exact) mass is 182 g/mol. The van der Waals surface area contributed by atoms with Crippen LogP contribution in [0.2, 0.25) is 0 Å². The molecule has 0 aromatic rings. The van der Waals surface area contributed by atoms with Gasteiger partial charge in [0, 0.05) is 30.2 Å². The number of nitrogens with zero attached hydrogens (tertiary/aromatic N) is 2. The average Bonchev–Trinajstić information content (AvgIpc) is 2.36. The molecule has 0 N–H and O–H groups in total. The van der Waals surface area contributed by atoms with Crippen molar-refractivity contribution in [2.75, 3.05) is 20.1 Å². The highest BCUT2D eigenvalue weighted by Crippen LogP contribution is 2.42. The van der Waals surface area contributed by atoms with E-state index in [1.807, 2.05) is 0 Å². The fourth-order valence-corrected chi connectivity index (χ4v) is 3.31. The lowest BCUT2D eigenvalue weighted by molar-refractivity contribution is 0.0156. The maximum absolute atomic E-state index is 2.69. The Morgan fingerprint density at radius 1 is 1.31 bits per heavy atom. The van der Waals surface area contributed by atoms with E-state index < -0.39 is 0 Å². The Morgan fingerprint density at radius 2 is 1.92 bits per heavy atom. The van der Waals surface area contributed by atoms with E-state index in [0.29, 0.717) is 11.1 Å². The van der Waals surface area contributed by atoms with Gasteiger partial charge in [0.2, 0.25) is 0 Å².